The number of hydrogen-bond acceptors (Lipinski definition) is 5. The SMILES string of the molecule is CCC(CSC)N(C)c1cccc(S(N)(=O)=O)c1N. The van der Waals surface area contributed by atoms with Crippen LogP contribution in [0.5, 0.6) is 0 Å². The number of nitrogens with two attached hydrogens (primary N) is 2. The largest absolute Gasteiger partial charge is 0.396 e. The zero-order valence-corrected chi connectivity index (χ0v) is 13.1. The number of para-hydroxylation sites is 1. The minimum absolute atomic E-state index is 0.0177. The number of primary sulfonamides is 1. The van der Waals surface area contributed by atoms with E-state index in [0.717, 1.165) is 12.2 Å². The Morgan fingerprint density at radius 2 is 2.05 bits per heavy atom. The number of hydrogen-bond donors (Lipinski definition) is 2. The van der Waals surface area contributed by atoms with Crippen molar-refractivity contribution in [3.63, 3.8) is 0 Å². The Kier molecular flexibility index (Phi) is 5.51. The van der Waals surface area contributed by atoms with E-state index in [4.69, 9.17) is 10.9 Å². The molecule has 0 saturated carbocycles. The van der Waals surface area contributed by atoms with Crippen molar-refractivity contribution in [2.24, 2.45) is 5.14 Å². The molecule has 0 saturated heterocycles. The molecule has 0 aliphatic carbocycles. The van der Waals surface area contributed by atoms with Gasteiger partial charge in [0.25, 0.3) is 0 Å². The van der Waals surface area contributed by atoms with Gasteiger partial charge in [-0.3, -0.25) is 0 Å². The van der Waals surface area contributed by atoms with E-state index in [2.05, 4.69) is 6.92 Å². The molecule has 108 valence electrons. The summed E-state index contributed by atoms with van der Waals surface area (Å²) in [6.45, 7) is 2.09. The van der Waals surface area contributed by atoms with Gasteiger partial charge >= 0.3 is 0 Å². The maximum absolute atomic E-state index is 11.5. The summed E-state index contributed by atoms with van der Waals surface area (Å²) in [4.78, 5) is 2.00. The molecule has 1 rings (SSSR count). The number of nitrogen functional groups attached to an aromatic ring is 1. The Hall–Kier alpha value is -0.920. The lowest BCUT2D eigenvalue weighted by molar-refractivity contribution is 0.598. The summed E-state index contributed by atoms with van der Waals surface area (Å²) in [5.74, 6) is 0.950. The van der Waals surface area contributed by atoms with Gasteiger partial charge in [-0.2, -0.15) is 11.8 Å². The molecule has 19 heavy (non-hydrogen) atoms. The smallest absolute Gasteiger partial charge is 0.240 e. The van der Waals surface area contributed by atoms with Crippen LogP contribution >= 0.6 is 11.8 Å². The van der Waals surface area contributed by atoms with Crippen LogP contribution in [0, 0.1) is 0 Å². The highest BCUT2D eigenvalue weighted by Crippen LogP contribution is 2.30. The third-order valence-corrected chi connectivity index (χ3v) is 4.79. The molecular weight excluding hydrogens is 282 g/mol. The van der Waals surface area contributed by atoms with Crippen LogP contribution < -0.4 is 15.8 Å². The number of nitrogens with zero attached hydrogens (tertiary/aromatic N) is 1. The van der Waals surface area contributed by atoms with Crippen molar-refractivity contribution in [2.75, 3.05) is 29.7 Å². The van der Waals surface area contributed by atoms with Gasteiger partial charge in [-0.1, -0.05) is 13.0 Å². The summed E-state index contributed by atoms with van der Waals surface area (Å²) in [6, 6.07) is 5.20. The molecule has 0 spiro atoms. The number of anilines is 2. The van der Waals surface area contributed by atoms with E-state index < -0.39 is 10.0 Å². The molecular formula is C12H21N3O2S2. The minimum atomic E-state index is -3.79. The number of rotatable bonds is 6. The fourth-order valence-electron chi connectivity index (χ4n) is 1.98. The highest BCUT2D eigenvalue weighted by molar-refractivity contribution is 7.98. The first-order valence-electron chi connectivity index (χ1n) is 5.96. The third kappa shape index (κ3) is 3.77. The van der Waals surface area contributed by atoms with Crippen molar-refractivity contribution in [2.45, 2.75) is 24.3 Å². The van der Waals surface area contributed by atoms with Crippen molar-refractivity contribution in [3.05, 3.63) is 18.2 Å². The highest BCUT2D eigenvalue weighted by atomic mass is 32.2. The van der Waals surface area contributed by atoms with Gasteiger partial charge in [-0.25, -0.2) is 13.6 Å². The molecule has 0 bridgehead atoms. The maximum Gasteiger partial charge on any atom is 0.240 e. The maximum atomic E-state index is 11.5. The Morgan fingerprint density at radius 1 is 1.42 bits per heavy atom. The zero-order chi connectivity index (χ0) is 14.6. The first-order chi connectivity index (χ1) is 8.82. The molecule has 7 heteroatoms. The van der Waals surface area contributed by atoms with E-state index in [0.29, 0.717) is 11.7 Å². The first kappa shape index (κ1) is 16.1. The van der Waals surface area contributed by atoms with Gasteiger partial charge in [0.1, 0.15) is 4.90 Å². The van der Waals surface area contributed by atoms with Crippen molar-refractivity contribution in [3.8, 4) is 0 Å². The molecule has 0 amide bonds. The lowest BCUT2D eigenvalue weighted by atomic mass is 10.2. The Balaban J connectivity index is 3.21. The Bertz CT molecular complexity index is 532. The van der Waals surface area contributed by atoms with Gasteiger partial charge in [0, 0.05) is 18.8 Å². The fraction of sp³-hybridized carbons (Fsp3) is 0.500. The van der Waals surface area contributed by atoms with E-state index in [1.54, 1.807) is 17.8 Å². The molecule has 0 fully saturated rings. The predicted octanol–water partition coefficient (Wildman–Crippen LogP) is 1.49. The first-order valence-corrected chi connectivity index (χ1v) is 8.90. The van der Waals surface area contributed by atoms with E-state index in [-0.39, 0.29) is 10.6 Å². The molecule has 0 aliphatic heterocycles. The van der Waals surface area contributed by atoms with Crippen LogP contribution in [0.1, 0.15) is 13.3 Å². The van der Waals surface area contributed by atoms with Crippen LogP contribution in [0.25, 0.3) is 0 Å². The van der Waals surface area contributed by atoms with E-state index in [1.165, 1.54) is 6.07 Å². The van der Waals surface area contributed by atoms with E-state index in [9.17, 15) is 8.42 Å². The average molecular weight is 303 g/mol. The van der Waals surface area contributed by atoms with Crippen molar-refractivity contribution >= 4 is 33.2 Å². The molecule has 0 aromatic heterocycles. The normalized spacial score (nSPS) is 13.3. The molecule has 1 unspecified atom stereocenters. The lowest BCUT2D eigenvalue weighted by Crippen LogP contribution is -2.34. The second kappa shape index (κ2) is 6.49. The second-order valence-electron chi connectivity index (χ2n) is 4.36. The van der Waals surface area contributed by atoms with Crippen molar-refractivity contribution < 1.29 is 8.42 Å². The molecule has 0 aliphatic rings. The van der Waals surface area contributed by atoms with Crippen LogP contribution in [-0.2, 0) is 10.0 Å². The van der Waals surface area contributed by atoms with Gasteiger partial charge in [-0.05, 0) is 24.8 Å². The summed E-state index contributed by atoms with van der Waals surface area (Å²) in [7, 11) is -1.87. The number of benzene rings is 1. The second-order valence-corrected chi connectivity index (χ2v) is 6.80. The molecule has 0 radical (unpaired) electrons. The molecule has 1 aromatic carbocycles. The lowest BCUT2D eigenvalue weighted by Gasteiger charge is -2.30. The molecule has 1 aromatic rings. The molecule has 5 nitrogen and oxygen atoms in total. The monoisotopic (exact) mass is 303 g/mol. The summed E-state index contributed by atoms with van der Waals surface area (Å²) >= 11 is 1.75. The third-order valence-electron chi connectivity index (χ3n) is 3.11. The van der Waals surface area contributed by atoms with Crippen LogP contribution in [0.2, 0.25) is 0 Å². The van der Waals surface area contributed by atoms with Gasteiger partial charge < -0.3 is 10.6 Å². The van der Waals surface area contributed by atoms with Crippen molar-refractivity contribution in [1.29, 1.82) is 0 Å². The number of thioether (sulfide) groups is 1. The predicted molar refractivity (Wildman–Crippen MR) is 83.1 cm³/mol. The molecule has 0 heterocycles. The van der Waals surface area contributed by atoms with Gasteiger partial charge in [0.2, 0.25) is 10.0 Å². The van der Waals surface area contributed by atoms with Crippen LogP contribution in [0.3, 0.4) is 0 Å². The summed E-state index contributed by atoms with van der Waals surface area (Å²) in [6.07, 6.45) is 3.00. The highest BCUT2D eigenvalue weighted by Gasteiger charge is 2.20. The molecule has 4 N–H and O–H groups in total. The molecule has 1 atom stereocenters. The van der Waals surface area contributed by atoms with Crippen molar-refractivity contribution in [1.82, 2.24) is 0 Å². The zero-order valence-electron chi connectivity index (χ0n) is 11.5. The topological polar surface area (TPSA) is 89.4 Å². The summed E-state index contributed by atoms with van der Waals surface area (Å²) < 4.78 is 22.9. The van der Waals surface area contributed by atoms with E-state index in [1.807, 2.05) is 24.3 Å². The Morgan fingerprint density at radius 3 is 2.53 bits per heavy atom. The van der Waals surface area contributed by atoms with Gasteiger partial charge in [0.15, 0.2) is 0 Å². The Labute approximate surface area is 119 Å². The summed E-state index contributed by atoms with van der Waals surface area (Å²) in [5.41, 5.74) is 6.87. The van der Waals surface area contributed by atoms with E-state index >= 15 is 0 Å². The quantitative estimate of drug-likeness (QED) is 0.777. The van der Waals surface area contributed by atoms with Gasteiger partial charge in [0.05, 0.1) is 11.4 Å². The average Bonchev–Trinajstić information content (AvgIpc) is 2.34. The number of sulfonamides is 1. The van der Waals surface area contributed by atoms with Crippen LogP contribution in [0.4, 0.5) is 11.4 Å². The summed E-state index contributed by atoms with van der Waals surface area (Å²) in [5, 5.41) is 5.16. The standard InChI is InChI=1S/C12H21N3O2S2/c1-4-9(8-18-3)15(2)10-6-5-7-11(12(10)13)19(14,16)17/h5-7,9H,4,8,13H2,1-3H3,(H2,14,16,17). The minimum Gasteiger partial charge on any atom is -0.396 e. The van der Waals surface area contributed by atoms with Crippen LogP contribution in [-0.4, -0.2) is 33.5 Å². The fourth-order valence-corrected chi connectivity index (χ4v) is 3.50. The van der Waals surface area contributed by atoms with Crippen LogP contribution in [0.15, 0.2) is 23.1 Å². The van der Waals surface area contributed by atoms with Gasteiger partial charge in [-0.15, -0.1) is 0 Å².